The molecule has 1 aliphatic carbocycles. The van der Waals surface area contributed by atoms with Crippen LogP contribution >= 0.6 is 0 Å². The van der Waals surface area contributed by atoms with Crippen molar-refractivity contribution in [2.75, 3.05) is 31.7 Å². The fourth-order valence-corrected chi connectivity index (χ4v) is 2.44. The first-order valence-corrected chi connectivity index (χ1v) is 6.97. The van der Waals surface area contributed by atoms with Crippen molar-refractivity contribution in [3.05, 3.63) is 30.2 Å². The fraction of sp³-hybridized carbons (Fsp3) is 0.600. The van der Waals surface area contributed by atoms with Crippen LogP contribution in [-0.2, 0) is 4.74 Å². The number of aryl methyl sites for hydroxylation is 1. The monoisotopic (exact) mass is 261 g/mol. The van der Waals surface area contributed by atoms with Crippen LogP contribution in [0.1, 0.15) is 25.0 Å². The smallest absolute Gasteiger partial charge is 0.147 e. The Bertz CT molecular complexity index is 420. The SMILES string of the molecule is COCCN(CC1CC=CCC1)c1cncc(C)n1. The number of methoxy groups -OCH3 is 1. The second kappa shape index (κ2) is 7.24. The lowest BCUT2D eigenvalue weighted by Crippen LogP contribution is -2.33. The highest BCUT2D eigenvalue weighted by molar-refractivity contribution is 5.36. The molecule has 0 bridgehead atoms. The van der Waals surface area contributed by atoms with E-state index in [1.54, 1.807) is 13.3 Å². The number of rotatable bonds is 6. The third-order valence-corrected chi connectivity index (χ3v) is 3.49. The molecule has 1 aromatic heterocycles. The Morgan fingerprint density at radius 3 is 2.95 bits per heavy atom. The molecule has 1 aromatic rings. The summed E-state index contributed by atoms with van der Waals surface area (Å²) >= 11 is 0. The minimum Gasteiger partial charge on any atom is -0.383 e. The number of ether oxygens (including phenoxy) is 1. The van der Waals surface area contributed by atoms with E-state index < -0.39 is 0 Å². The van der Waals surface area contributed by atoms with Crippen molar-refractivity contribution in [3.8, 4) is 0 Å². The highest BCUT2D eigenvalue weighted by Gasteiger charge is 2.16. The molecule has 0 spiro atoms. The molecular formula is C15H23N3O. The van der Waals surface area contributed by atoms with Gasteiger partial charge in [-0.05, 0) is 32.1 Å². The lowest BCUT2D eigenvalue weighted by molar-refractivity contribution is 0.203. The maximum Gasteiger partial charge on any atom is 0.147 e. The van der Waals surface area contributed by atoms with Crippen molar-refractivity contribution in [2.24, 2.45) is 5.92 Å². The van der Waals surface area contributed by atoms with Crippen molar-refractivity contribution < 1.29 is 4.74 Å². The highest BCUT2D eigenvalue weighted by Crippen LogP contribution is 2.21. The van der Waals surface area contributed by atoms with Gasteiger partial charge in [-0.15, -0.1) is 0 Å². The molecule has 1 unspecified atom stereocenters. The van der Waals surface area contributed by atoms with Crippen LogP contribution in [0.15, 0.2) is 24.5 Å². The molecule has 19 heavy (non-hydrogen) atoms. The van der Waals surface area contributed by atoms with Gasteiger partial charge in [-0.3, -0.25) is 4.98 Å². The van der Waals surface area contributed by atoms with E-state index in [9.17, 15) is 0 Å². The van der Waals surface area contributed by atoms with Crippen LogP contribution in [0.4, 0.5) is 5.82 Å². The van der Waals surface area contributed by atoms with Crippen LogP contribution in [0.25, 0.3) is 0 Å². The molecular weight excluding hydrogens is 238 g/mol. The van der Waals surface area contributed by atoms with Crippen molar-refractivity contribution in [1.82, 2.24) is 9.97 Å². The molecule has 0 aromatic carbocycles. The molecule has 0 fully saturated rings. The summed E-state index contributed by atoms with van der Waals surface area (Å²) in [5.41, 5.74) is 0.962. The molecule has 0 N–H and O–H groups in total. The van der Waals surface area contributed by atoms with Gasteiger partial charge in [-0.25, -0.2) is 4.98 Å². The first-order valence-electron chi connectivity index (χ1n) is 6.97. The van der Waals surface area contributed by atoms with Gasteiger partial charge >= 0.3 is 0 Å². The number of hydrogen-bond donors (Lipinski definition) is 0. The van der Waals surface area contributed by atoms with E-state index >= 15 is 0 Å². The molecule has 0 saturated heterocycles. The van der Waals surface area contributed by atoms with Gasteiger partial charge in [0.1, 0.15) is 5.82 Å². The third kappa shape index (κ3) is 4.31. The van der Waals surface area contributed by atoms with E-state index in [1.165, 1.54) is 19.3 Å². The lowest BCUT2D eigenvalue weighted by Gasteiger charge is -2.29. The Kier molecular flexibility index (Phi) is 5.33. The van der Waals surface area contributed by atoms with Crippen LogP contribution in [-0.4, -0.2) is 36.8 Å². The predicted molar refractivity (Wildman–Crippen MR) is 77.3 cm³/mol. The van der Waals surface area contributed by atoms with Crippen LogP contribution in [0.3, 0.4) is 0 Å². The average Bonchev–Trinajstić information content (AvgIpc) is 2.44. The molecule has 1 aliphatic rings. The van der Waals surface area contributed by atoms with Crippen molar-refractivity contribution in [1.29, 1.82) is 0 Å². The van der Waals surface area contributed by atoms with Crippen molar-refractivity contribution >= 4 is 5.82 Å². The van der Waals surface area contributed by atoms with Gasteiger partial charge in [0, 0.05) is 26.4 Å². The first kappa shape index (κ1) is 14.0. The van der Waals surface area contributed by atoms with Gasteiger partial charge in [0.15, 0.2) is 0 Å². The first-order chi connectivity index (χ1) is 9.29. The summed E-state index contributed by atoms with van der Waals surface area (Å²) in [7, 11) is 1.74. The van der Waals surface area contributed by atoms with Gasteiger partial charge in [-0.2, -0.15) is 0 Å². The van der Waals surface area contributed by atoms with E-state index in [-0.39, 0.29) is 0 Å². The summed E-state index contributed by atoms with van der Waals surface area (Å²) in [5.74, 6) is 1.68. The summed E-state index contributed by atoms with van der Waals surface area (Å²) in [6, 6.07) is 0. The summed E-state index contributed by atoms with van der Waals surface area (Å²) in [6.45, 7) is 4.60. The third-order valence-electron chi connectivity index (χ3n) is 3.49. The van der Waals surface area contributed by atoms with Gasteiger partial charge < -0.3 is 9.64 Å². The topological polar surface area (TPSA) is 38.2 Å². The van der Waals surface area contributed by atoms with E-state index in [0.29, 0.717) is 5.92 Å². The zero-order valence-electron chi connectivity index (χ0n) is 11.9. The normalized spacial score (nSPS) is 18.5. The summed E-state index contributed by atoms with van der Waals surface area (Å²) in [5, 5.41) is 0. The standard InChI is InChI=1S/C15H23N3O/c1-13-10-16-11-15(17-13)18(8-9-19-2)12-14-6-4-3-5-7-14/h3-4,10-11,14H,5-9,12H2,1-2H3. The number of hydrogen-bond acceptors (Lipinski definition) is 4. The summed E-state index contributed by atoms with van der Waals surface area (Å²) in [6.07, 6.45) is 11.8. The van der Waals surface area contributed by atoms with E-state index in [4.69, 9.17) is 4.74 Å². The maximum absolute atomic E-state index is 5.21. The molecule has 4 nitrogen and oxygen atoms in total. The Morgan fingerprint density at radius 1 is 1.37 bits per heavy atom. The molecule has 104 valence electrons. The summed E-state index contributed by atoms with van der Waals surface area (Å²) < 4.78 is 5.21. The van der Waals surface area contributed by atoms with E-state index in [2.05, 4.69) is 27.0 Å². The predicted octanol–water partition coefficient (Wildman–Crippen LogP) is 2.59. The minimum absolute atomic E-state index is 0.712. The average molecular weight is 261 g/mol. The zero-order valence-corrected chi connectivity index (χ0v) is 11.9. The Hall–Kier alpha value is -1.42. The van der Waals surface area contributed by atoms with Crippen LogP contribution < -0.4 is 4.90 Å². The van der Waals surface area contributed by atoms with Crippen molar-refractivity contribution in [3.63, 3.8) is 0 Å². The Morgan fingerprint density at radius 2 is 2.26 bits per heavy atom. The number of anilines is 1. The zero-order chi connectivity index (χ0) is 13.5. The molecule has 2 rings (SSSR count). The lowest BCUT2D eigenvalue weighted by atomic mass is 9.94. The number of allylic oxidation sites excluding steroid dienone is 2. The second-order valence-electron chi connectivity index (χ2n) is 5.11. The van der Waals surface area contributed by atoms with Crippen LogP contribution in [0.5, 0.6) is 0 Å². The molecule has 0 saturated carbocycles. The van der Waals surface area contributed by atoms with Crippen LogP contribution in [0.2, 0.25) is 0 Å². The minimum atomic E-state index is 0.712. The van der Waals surface area contributed by atoms with Gasteiger partial charge in [0.2, 0.25) is 0 Å². The van der Waals surface area contributed by atoms with Gasteiger partial charge in [0.05, 0.1) is 18.5 Å². The second-order valence-corrected chi connectivity index (χ2v) is 5.11. The number of aromatic nitrogens is 2. The Labute approximate surface area is 115 Å². The van der Waals surface area contributed by atoms with Crippen LogP contribution in [0, 0.1) is 12.8 Å². The van der Waals surface area contributed by atoms with E-state index in [1.807, 2.05) is 13.1 Å². The number of nitrogens with zero attached hydrogens (tertiary/aromatic N) is 3. The molecule has 0 amide bonds. The van der Waals surface area contributed by atoms with E-state index in [0.717, 1.165) is 31.2 Å². The molecule has 4 heteroatoms. The van der Waals surface area contributed by atoms with Gasteiger partial charge in [-0.1, -0.05) is 12.2 Å². The largest absolute Gasteiger partial charge is 0.383 e. The molecule has 0 radical (unpaired) electrons. The maximum atomic E-state index is 5.21. The Balaban J connectivity index is 2.04. The summed E-state index contributed by atoms with van der Waals surface area (Å²) in [4.78, 5) is 11.1. The van der Waals surface area contributed by atoms with Gasteiger partial charge in [0.25, 0.3) is 0 Å². The van der Waals surface area contributed by atoms with Crippen molar-refractivity contribution in [2.45, 2.75) is 26.2 Å². The molecule has 1 heterocycles. The molecule has 1 atom stereocenters. The fourth-order valence-electron chi connectivity index (χ4n) is 2.44. The highest BCUT2D eigenvalue weighted by atomic mass is 16.5. The quantitative estimate of drug-likeness (QED) is 0.738. The molecule has 0 aliphatic heterocycles.